The molecule has 11 rings (SSSR count). The van der Waals surface area contributed by atoms with E-state index in [1.807, 2.05) is 36.4 Å². The predicted molar refractivity (Wildman–Crippen MR) is 227 cm³/mol. The van der Waals surface area contributed by atoms with Gasteiger partial charge in [0, 0.05) is 38.3 Å². The van der Waals surface area contributed by atoms with Crippen molar-refractivity contribution in [2.24, 2.45) is 0 Å². The van der Waals surface area contributed by atoms with Gasteiger partial charge in [-0.15, -0.1) is 0 Å². The summed E-state index contributed by atoms with van der Waals surface area (Å²) in [5.41, 5.74) is 12.9. The van der Waals surface area contributed by atoms with Gasteiger partial charge in [0.05, 0.1) is 51.9 Å². The van der Waals surface area contributed by atoms with E-state index in [0.717, 1.165) is 61.0 Å². The molecule has 0 unspecified atom stereocenters. The topological polar surface area (TPSA) is 23.5 Å². The van der Waals surface area contributed by atoms with E-state index in [-0.39, 0.29) is 0 Å². The Labute approximate surface area is 316 Å². The number of para-hydroxylation sites is 4. The van der Waals surface area contributed by atoms with Gasteiger partial charge in [0.25, 0.3) is 0 Å². The maximum atomic E-state index is 7.96. The third-order valence-electron chi connectivity index (χ3n) is 11.0. The van der Waals surface area contributed by atoms with Crippen molar-refractivity contribution >= 4 is 76.8 Å². The summed E-state index contributed by atoms with van der Waals surface area (Å²) in [5, 5.41) is 6.96. The van der Waals surface area contributed by atoms with E-state index in [9.17, 15) is 0 Å². The normalized spacial score (nSPS) is 11.6. The molecular formula is C50H29N5. The van der Waals surface area contributed by atoms with Crippen LogP contribution in [0, 0.1) is 13.1 Å². The maximum Gasteiger partial charge on any atom is 0.188 e. The van der Waals surface area contributed by atoms with E-state index in [1.54, 1.807) is 0 Å². The van der Waals surface area contributed by atoms with Crippen molar-refractivity contribution in [3.63, 3.8) is 0 Å². The quantitative estimate of drug-likeness (QED) is 0.163. The fourth-order valence-corrected chi connectivity index (χ4v) is 8.70. The monoisotopic (exact) mass is 699 g/mol. The second-order valence-electron chi connectivity index (χ2n) is 14.0. The van der Waals surface area contributed by atoms with Gasteiger partial charge in [0.1, 0.15) is 0 Å². The zero-order chi connectivity index (χ0) is 36.6. The van der Waals surface area contributed by atoms with Gasteiger partial charge in [-0.2, -0.15) is 0 Å². The van der Waals surface area contributed by atoms with Crippen molar-refractivity contribution in [1.29, 1.82) is 0 Å². The summed E-state index contributed by atoms with van der Waals surface area (Å²) >= 11 is 0. The van der Waals surface area contributed by atoms with Crippen LogP contribution in [-0.4, -0.2) is 13.7 Å². The molecule has 0 bridgehead atoms. The van der Waals surface area contributed by atoms with Gasteiger partial charge < -0.3 is 13.7 Å². The lowest BCUT2D eigenvalue weighted by Crippen LogP contribution is -1.99. The number of rotatable bonds is 4. The van der Waals surface area contributed by atoms with Crippen LogP contribution in [0.25, 0.3) is 103 Å². The third kappa shape index (κ3) is 4.51. The molecule has 3 heterocycles. The van der Waals surface area contributed by atoms with Crippen LogP contribution < -0.4 is 0 Å². The van der Waals surface area contributed by atoms with Gasteiger partial charge >= 0.3 is 0 Å². The summed E-state index contributed by atoms with van der Waals surface area (Å²) in [6.07, 6.45) is 0. The first-order valence-corrected chi connectivity index (χ1v) is 18.3. The molecule has 0 aliphatic carbocycles. The molecule has 0 saturated carbocycles. The van der Waals surface area contributed by atoms with Crippen LogP contribution in [-0.2, 0) is 0 Å². The minimum atomic E-state index is 0.577. The molecule has 8 aromatic carbocycles. The van der Waals surface area contributed by atoms with E-state index in [4.69, 9.17) is 13.1 Å². The Kier molecular flexibility index (Phi) is 6.61. The highest BCUT2D eigenvalue weighted by Gasteiger charge is 2.19. The van der Waals surface area contributed by atoms with Crippen molar-refractivity contribution in [3.8, 4) is 28.2 Å². The molecule has 0 fully saturated rings. The number of fused-ring (bicyclic) bond motifs is 9. The molecule has 0 spiro atoms. The largest absolute Gasteiger partial charge is 0.309 e. The van der Waals surface area contributed by atoms with Crippen LogP contribution in [0.1, 0.15) is 0 Å². The molecule has 3 aromatic heterocycles. The molecule has 5 heteroatoms. The first-order chi connectivity index (χ1) is 27.2. The van der Waals surface area contributed by atoms with Gasteiger partial charge in [-0.05, 0) is 89.3 Å². The average Bonchev–Trinajstić information content (AvgIpc) is 3.88. The maximum absolute atomic E-state index is 7.96. The number of hydrogen-bond acceptors (Lipinski definition) is 0. The van der Waals surface area contributed by atoms with Crippen molar-refractivity contribution in [2.45, 2.75) is 0 Å². The molecule has 5 nitrogen and oxygen atoms in total. The Morgan fingerprint density at radius 3 is 1.45 bits per heavy atom. The molecule has 0 atom stereocenters. The molecule has 0 amide bonds. The van der Waals surface area contributed by atoms with Crippen LogP contribution in [0.15, 0.2) is 176 Å². The van der Waals surface area contributed by atoms with Crippen molar-refractivity contribution in [2.75, 3.05) is 0 Å². The highest BCUT2D eigenvalue weighted by Crippen LogP contribution is 2.41. The second-order valence-corrected chi connectivity index (χ2v) is 14.0. The molecule has 0 aliphatic heterocycles. The fraction of sp³-hybridized carbons (Fsp3) is 0. The lowest BCUT2D eigenvalue weighted by atomic mass is 10.0. The van der Waals surface area contributed by atoms with Gasteiger partial charge in [-0.25, -0.2) is 9.69 Å². The van der Waals surface area contributed by atoms with Crippen LogP contribution in [0.4, 0.5) is 11.4 Å². The smallest absolute Gasteiger partial charge is 0.188 e. The second kappa shape index (κ2) is 11.8. The summed E-state index contributed by atoms with van der Waals surface area (Å²) < 4.78 is 7.01. The summed E-state index contributed by atoms with van der Waals surface area (Å²) in [6, 6.07) is 61.6. The molecule has 11 aromatic rings. The summed E-state index contributed by atoms with van der Waals surface area (Å²) in [6.45, 7) is 15.6. The SMILES string of the molecule is [C-]#[N+]c1ccc(-n2c3ccccc3c3cc([N+]#[C-])ccc32)c(-c2cccc(-n3c4ccccc4c4ccc(-n5c6ccccc6c6ccccc65)cc43)c2)c1. The first-order valence-electron chi connectivity index (χ1n) is 18.3. The van der Waals surface area contributed by atoms with Gasteiger partial charge in [-0.1, -0.05) is 103 Å². The van der Waals surface area contributed by atoms with E-state index >= 15 is 0 Å². The summed E-state index contributed by atoms with van der Waals surface area (Å²) in [7, 11) is 0. The highest BCUT2D eigenvalue weighted by molar-refractivity contribution is 6.13. The van der Waals surface area contributed by atoms with Crippen molar-refractivity contribution < 1.29 is 0 Å². The lowest BCUT2D eigenvalue weighted by molar-refractivity contribution is 1.15. The van der Waals surface area contributed by atoms with Crippen LogP contribution in [0.5, 0.6) is 0 Å². The first kappa shape index (κ1) is 30.7. The van der Waals surface area contributed by atoms with Crippen molar-refractivity contribution in [1.82, 2.24) is 13.7 Å². The van der Waals surface area contributed by atoms with E-state index < -0.39 is 0 Å². The average molecular weight is 700 g/mol. The third-order valence-corrected chi connectivity index (χ3v) is 11.0. The standard InChI is InChI=1S/C50H29N5/c1-51-33-22-26-48(55-47-21-10-6-17-40(47)43-30-34(52-2)23-27-49(43)55)42(29-33)32-12-11-13-35(28-32)54-46-20-9-5-16-39(46)41-25-24-36(31-50(41)54)53-44-18-7-3-14-37(44)38-15-4-8-19-45(38)53/h3-31H. The minimum absolute atomic E-state index is 0.577. The van der Waals surface area contributed by atoms with Crippen molar-refractivity contribution in [3.05, 3.63) is 199 Å². The molecule has 0 saturated heterocycles. The van der Waals surface area contributed by atoms with Crippen LogP contribution in [0.3, 0.4) is 0 Å². The Hall–Kier alpha value is -7.86. The van der Waals surface area contributed by atoms with Crippen LogP contribution in [0.2, 0.25) is 0 Å². The highest BCUT2D eigenvalue weighted by atomic mass is 15.0. The Morgan fingerprint density at radius 1 is 0.327 bits per heavy atom. The number of aromatic nitrogens is 3. The Morgan fingerprint density at radius 2 is 0.818 bits per heavy atom. The minimum Gasteiger partial charge on any atom is -0.309 e. The zero-order valence-corrected chi connectivity index (χ0v) is 29.5. The molecular weight excluding hydrogens is 671 g/mol. The van der Waals surface area contributed by atoms with E-state index in [2.05, 4.69) is 163 Å². The molecule has 0 aliphatic rings. The molecule has 0 N–H and O–H groups in total. The summed E-state index contributed by atoms with van der Waals surface area (Å²) in [4.78, 5) is 7.58. The van der Waals surface area contributed by atoms with Gasteiger partial charge in [0.15, 0.2) is 11.4 Å². The van der Waals surface area contributed by atoms with Crippen LogP contribution >= 0.6 is 0 Å². The lowest BCUT2D eigenvalue weighted by Gasteiger charge is -2.16. The van der Waals surface area contributed by atoms with E-state index in [0.29, 0.717) is 11.4 Å². The predicted octanol–water partition coefficient (Wildman–Crippen LogP) is 13.7. The summed E-state index contributed by atoms with van der Waals surface area (Å²) in [5.74, 6) is 0. The molecule has 55 heavy (non-hydrogen) atoms. The number of hydrogen-bond donors (Lipinski definition) is 0. The van der Waals surface area contributed by atoms with Gasteiger partial charge in [-0.3, -0.25) is 0 Å². The van der Waals surface area contributed by atoms with Gasteiger partial charge in [0.2, 0.25) is 0 Å². The molecule has 0 radical (unpaired) electrons. The Bertz CT molecular complexity index is 3420. The van der Waals surface area contributed by atoms with E-state index in [1.165, 1.54) is 32.6 Å². The fourth-order valence-electron chi connectivity index (χ4n) is 8.70. The Balaban J connectivity index is 1.16. The zero-order valence-electron chi connectivity index (χ0n) is 29.5. The number of benzene rings is 8. The number of nitrogens with zero attached hydrogens (tertiary/aromatic N) is 5. The molecule has 254 valence electrons.